The summed E-state index contributed by atoms with van der Waals surface area (Å²) in [6.07, 6.45) is 5.85. The highest BCUT2D eigenvalue weighted by atomic mass is 32.2. The highest BCUT2D eigenvalue weighted by Crippen LogP contribution is 2.37. The van der Waals surface area contributed by atoms with Crippen LogP contribution in [0, 0.1) is 13.8 Å². The fourth-order valence-electron chi connectivity index (χ4n) is 3.97. The fourth-order valence-corrected chi connectivity index (χ4v) is 5.86. The summed E-state index contributed by atoms with van der Waals surface area (Å²) < 4.78 is 2.19. The van der Waals surface area contributed by atoms with Gasteiger partial charge in [0.25, 0.3) is 0 Å². The van der Waals surface area contributed by atoms with Crippen LogP contribution in [0.25, 0.3) is 11.4 Å². The van der Waals surface area contributed by atoms with E-state index in [1.807, 2.05) is 30.4 Å². The molecule has 30 heavy (non-hydrogen) atoms. The molecule has 1 aliphatic rings. The van der Waals surface area contributed by atoms with Gasteiger partial charge in [-0.25, -0.2) is 0 Å². The number of thiophene rings is 1. The van der Waals surface area contributed by atoms with Crippen molar-refractivity contribution in [1.29, 1.82) is 0 Å². The van der Waals surface area contributed by atoms with Crippen molar-refractivity contribution in [1.82, 2.24) is 14.8 Å². The molecule has 2 heterocycles. The first-order chi connectivity index (χ1) is 14.6. The molecule has 158 valence electrons. The Balaban J connectivity index is 1.49. The Labute approximate surface area is 186 Å². The van der Waals surface area contributed by atoms with Crippen molar-refractivity contribution in [2.45, 2.75) is 64.6 Å². The molecular formula is C23H28N4OS2. The topological polar surface area (TPSA) is 59.8 Å². The molecule has 0 spiro atoms. The number of anilines is 1. The highest BCUT2D eigenvalue weighted by molar-refractivity contribution is 7.99. The number of hydrogen-bond acceptors (Lipinski definition) is 5. The van der Waals surface area contributed by atoms with E-state index < -0.39 is 0 Å². The number of benzene rings is 1. The molecular weight excluding hydrogens is 412 g/mol. The first-order valence-electron chi connectivity index (χ1n) is 10.6. The normalized spacial score (nSPS) is 13.3. The molecule has 0 bridgehead atoms. The van der Waals surface area contributed by atoms with Crippen LogP contribution < -0.4 is 5.32 Å². The minimum atomic E-state index is -0.0209. The van der Waals surface area contributed by atoms with E-state index in [0.717, 1.165) is 41.6 Å². The summed E-state index contributed by atoms with van der Waals surface area (Å²) in [5.41, 5.74) is 5.83. The average molecular weight is 441 g/mol. The lowest BCUT2D eigenvalue weighted by molar-refractivity contribution is -0.113. The van der Waals surface area contributed by atoms with E-state index in [1.54, 1.807) is 0 Å². The molecule has 1 aliphatic carbocycles. The Morgan fingerprint density at radius 3 is 2.87 bits per heavy atom. The Bertz CT molecular complexity index is 1050. The maximum Gasteiger partial charge on any atom is 0.234 e. The minimum absolute atomic E-state index is 0.0209. The van der Waals surface area contributed by atoms with Crippen LogP contribution in [-0.4, -0.2) is 26.4 Å². The van der Waals surface area contributed by atoms with Gasteiger partial charge in [-0.05, 0) is 63.1 Å². The number of carbonyl (C=O) groups excluding carboxylic acids is 1. The summed E-state index contributed by atoms with van der Waals surface area (Å²) >= 11 is 3.31. The average Bonchev–Trinajstić information content (AvgIpc) is 3.33. The fraction of sp³-hybridized carbons (Fsp3) is 0.435. The van der Waals surface area contributed by atoms with Gasteiger partial charge in [0.2, 0.25) is 5.91 Å². The maximum atomic E-state index is 12.5. The summed E-state index contributed by atoms with van der Waals surface area (Å²) in [6.45, 7) is 7.08. The number of nitrogens with one attached hydrogen (secondary N) is 1. The van der Waals surface area contributed by atoms with Crippen LogP contribution >= 0.6 is 23.1 Å². The molecule has 0 aliphatic heterocycles. The van der Waals surface area contributed by atoms with Crippen LogP contribution in [0.5, 0.6) is 0 Å². The molecule has 1 aromatic carbocycles. The second kappa shape index (κ2) is 9.35. The standard InChI is InChI=1S/C23H28N4OS2/c1-4-11-27-22(18-13-29-20-8-6-5-7-17(18)20)25-26-23(27)30-14-21(28)24-19-10-9-15(2)12-16(19)3/h9-10,12-13H,4-8,11,14H2,1-3H3,(H,24,28). The molecule has 1 N–H and O–H groups in total. The van der Waals surface area contributed by atoms with Gasteiger partial charge in [0.05, 0.1) is 5.75 Å². The highest BCUT2D eigenvalue weighted by Gasteiger charge is 2.22. The van der Waals surface area contributed by atoms with Crippen molar-refractivity contribution < 1.29 is 4.79 Å². The molecule has 0 saturated carbocycles. The molecule has 7 heteroatoms. The van der Waals surface area contributed by atoms with Gasteiger partial charge in [-0.1, -0.05) is 36.4 Å². The van der Waals surface area contributed by atoms with Gasteiger partial charge >= 0.3 is 0 Å². The van der Waals surface area contributed by atoms with Crippen molar-refractivity contribution in [3.8, 4) is 11.4 Å². The Hall–Kier alpha value is -2.12. The lowest BCUT2D eigenvalue weighted by Gasteiger charge is -2.14. The first kappa shape index (κ1) is 21.1. The van der Waals surface area contributed by atoms with Gasteiger partial charge < -0.3 is 9.88 Å². The Morgan fingerprint density at radius 1 is 1.23 bits per heavy atom. The van der Waals surface area contributed by atoms with Gasteiger partial charge in [-0.3, -0.25) is 4.79 Å². The van der Waals surface area contributed by atoms with Crippen LogP contribution in [0.4, 0.5) is 5.69 Å². The Morgan fingerprint density at radius 2 is 2.07 bits per heavy atom. The number of nitrogens with zero attached hydrogens (tertiary/aromatic N) is 3. The molecule has 0 atom stereocenters. The molecule has 0 radical (unpaired) electrons. The molecule has 2 aromatic heterocycles. The van der Waals surface area contributed by atoms with Crippen molar-refractivity contribution in [3.63, 3.8) is 0 Å². The third kappa shape index (κ3) is 4.47. The van der Waals surface area contributed by atoms with Gasteiger partial charge in [0, 0.05) is 28.1 Å². The van der Waals surface area contributed by atoms with E-state index >= 15 is 0 Å². The monoisotopic (exact) mass is 440 g/mol. The van der Waals surface area contributed by atoms with Crippen LogP contribution in [0.3, 0.4) is 0 Å². The zero-order valence-corrected chi connectivity index (χ0v) is 19.5. The van der Waals surface area contributed by atoms with Crippen molar-refractivity contribution in [3.05, 3.63) is 45.1 Å². The van der Waals surface area contributed by atoms with Crippen LogP contribution in [0.1, 0.15) is 47.8 Å². The van der Waals surface area contributed by atoms with E-state index in [9.17, 15) is 4.79 Å². The smallest absolute Gasteiger partial charge is 0.234 e. The van der Waals surface area contributed by atoms with Crippen LogP contribution in [-0.2, 0) is 24.2 Å². The van der Waals surface area contributed by atoms with Gasteiger partial charge in [0.1, 0.15) is 0 Å². The third-order valence-corrected chi connectivity index (χ3v) is 7.51. The van der Waals surface area contributed by atoms with Gasteiger partial charge in [0.15, 0.2) is 11.0 Å². The Kier molecular flexibility index (Phi) is 6.58. The largest absolute Gasteiger partial charge is 0.325 e. The lowest BCUT2D eigenvalue weighted by atomic mass is 9.95. The SMILES string of the molecule is CCCn1c(SCC(=O)Nc2ccc(C)cc2C)nnc1-c1csc2c1CCCC2. The number of hydrogen-bond donors (Lipinski definition) is 1. The second-order valence-corrected chi connectivity index (χ2v) is 9.78. The van der Waals surface area contributed by atoms with Crippen LogP contribution in [0.2, 0.25) is 0 Å². The summed E-state index contributed by atoms with van der Waals surface area (Å²) in [4.78, 5) is 14.0. The van der Waals surface area contributed by atoms with Crippen molar-refractivity contribution in [2.75, 3.05) is 11.1 Å². The van der Waals surface area contributed by atoms with E-state index in [-0.39, 0.29) is 5.91 Å². The molecule has 1 amide bonds. The van der Waals surface area contributed by atoms with Gasteiger partial charge in [-0.15, -0.1) is 21.5 Å². The van der Waals surface area contributed by atoms with E-state index in [2.05, 4.69) is 45.4 Å². The molecule has 0 saturated heterocycles. The van der Waals surface area contributed by atoms with Crippen molar-refractivity contribution >= 4 is 34.7 Å². The molecule has 0 unspecified atom stereocenters. The van der Waals surface area contributed by atoms with E-state index in [4.69, 9.17) is 0 Å². The quantitative estimate of drug-likeness (QED) is 0.483. The zero-order chi connectivity index (χ0) is 21.1. The molecule has 5 nitrogen and oxygen atoms in total. The van der Waals surface area contributed by atoms with Crippen LogP contribution in [0.15, 0.2) is 28.7 Å². The molecule has 4 rings (SSSR count). The minimum Gasteiger partial charge on any atom is -0.325 e. The van der Waals surface area contributed by atoms with Gasteiger partial charge in [-0.2, -0.15) is 0 Å². The summed E-state index contributed by atoms with van der Waals surface area (Å²) in [5.74, 6) is 1.25. The molecule has 0 fully saturated rings. The molecule has 3 aromatic rings. The number of carbonyl (C=O) groups is 1. The van der Waals surface area contributed by atoms with E-state index in [1.165, 1.54) is 52.6 Å². The second-order valence-electron chi connectivity index (χ2n) is 7.87. The zero-order valence-electron chi connectivity index (χ0n) is 17.8. The number of amides is 1. The number of rotatable bonds is 7. The van der Waals surface area contributed by atoms with E-state index in [0.29, 0.717) is 5.75 Å². The predicted octanol–water partition coefficient (Wildman–Crippen LogP) is 5.64. The number of aryl methyl sites for hydroxylation is 3. The number of fused-ring (bicyclic) bond motifs is 1. The number of thioether (sulfide) groups is 1. The summed E-state index contributed by atoms with van der Waals surface area (Å²) in [6, 6.07) is 6.06. The summed E-state index contributed by atoms with van der Waals surface area (Å²) in [5, 5.41) is 15.1. The third-order valence-electron chi connectivity index (χ3n) is 5.45. The first-order valence-corrected chi connectivity index (χ1v) is 12.5. The number of aromatic nitrogens is 3. The predicted molar refractivity (Wildman–Crippen MR) is 126 cm³/mol. The lowest BCUT2D eigenvalue weighted by Crippen LogP contribution is -2.15. The maximum absolute atomic E-state index is 12.5. The van der Waals surface area contributed by atoms with Crippen molar-refractivity contribution in [2.24, 2.45) is 0 Å². The summed E-state index contributed by atoms with van der Waals surface area (Å²) in [7, 11) is 0.